The minimum Gasteiger partial charge on any atom is -0.481 e. The predicted molar refractivity (Wildman–Crippen MR) is 57.3 cm³/mol. The van der Waals surface area contributed by atoms with E-state index >= 15 is 0 Å². The second kappa shape index (κ2) is 6.19. The van der Waals surface area contributed by atoms with Crippen LogP contribution in [-0.2, 0) is 14.3 Å². The van der Waals surface area contributed by atoms with Crippen LogP contribution in [0.2, 0.25) is 0 Å². The maximum atomic E-state index is 11.3. The van der Waals surface area contributed by atoms with Crippen LogP contribution in [0.1, 0.15) is 13.3 Å². The van der Waals surface area contributed by atoms with E-state index < -0.39 is 18.0 Å². The summed E-state index contributed by atoms with van der Waals surface area (Å²) in [5.41, 5.74) is 0. The fourth-order valence-electron chi connectivity index (χ4n) is 1.71. The molecule has 1 saturated heterocycles. The molecule has 1 aliphatic rings. The highest BCUT2D eigenvalue weighted by molar-refractivity contribution is 5.92. The van der Waals surface area contributed by atoms with E-state index in [1.807, 2.05) is 0 Å². The molecule has 96 valence electrons. The molecule has 0 saturated carbocycles. The smallest absolute Gasteiger partial charge is 0.413 e. The van der Waals surface area contributed by atoms with Crippen molar-refractivity contribution in [3.05, 3.63) is 0 Å². The Hall–Kier alpha value is -1.63. The molecule has 7 heteroatoms. The molecule has 0 aromatic rings. The van der Waals surface area contributed by atoms with Crippen molar-refractivity contribution in [1.29, 1.82) is 0 Å². The van der Waals surface area contributed by atoms with Gasteiger partial charge in [-0.25, -0.2) is 4.79 Å². The van der Waals surface area contributed by atoms with Crippen molar-refractivity contribution >= 4 is 18.0 Å². The lowest BCUT2D eigenvalue weighted by atomic mass is 9.96. The van der Waals surface area contributed by atoms with E-state index in [-0.39, 0.29) is 25.5 Å². The summed E-state index contributed by atoms with van der Waals surface area (Å²) in [7, 11) is 0. The molecule has 2 amide bonds. The molecule has 17 heavy (non-hydrogen) atoms. The highest BCUT2D eigenvalue weighted by atomic mass is 16.5. The summed E-state index contributed by atoms with van der Waals surface area (Å²) >= 11 is 0. The number of carboxylic acids is 1. The van der Waals surface area contributed by atoms with Crippen LogP contribution in [0, 0.1) is 5.92 Å². The van der Waals surface area contributed by atoms with Crippen LogP contribution < -0.4 is 5.32 Å². The molecule has 1 aliphatic heterocycles. The molecular weight excluding hydrogens is 228 g/mol. The van der Waals surface area contributed by atoms with Gasteiger partial charge < -0.3 is 9.84 Å². The quantitative estimate of drug-likeness (QED) is 0.687. The number of carboxylic acid groups (broad SMARTS) is 1. The second-order valence-electron chi connectivity index (χ2n) is 3.93. The average Bonchev–Trinajstić information content (AvgIpc) is 2.13. The van der Waals surface area contributed by atoms with E-state index in [1.165, 1.54) is 0 Å². The highest BCUT2D eigenvalue weighted by Gasteiger charge is 2.29. The third-order valence-corrected chi connectivity index (χ3v) is 2.38. The minimum atomic E-state index is -0.828. The van der Waals surface area contributed by atoms with Gasteiger partial charge in [0.05, 0.1) is 19.6 Å². The number of carbonyl (C=O) groups excluding carboxylic acids is 2. The average molecular weight is 244 g/mol. The molecule has 1 heterocycles. The Morgan fingerprint density at radius 3 is 2.59 bits per heavy atom. The Labute approximate surface area is 98.7 Å². The molecule has 7 nitrogen and oxygen atoms in total. The van der Waals surface area contributed by atoms with Crippen LogP contribution >= 0.6 is 0 Å². The van der Waals surface area contributed by atoms with E-state index in [0.717, 1.165) is 0 Å². The van der Waals surface area contributed by atoms with Gasteiger partial charge in [-0.2, -0.15) is 0 Å². The van der Waals surface area contributed by atoms with Gasteiger partial charge in [-0.3, -0.25) is 19.8 Å². The zero-order valence-corrected chi connectivity index (χ0v) is 9.64. The number of ether oxygens (including phenoxy) is 1. The molecule has 0 spiro atoms. The number of aliphatic carboxylic acids is 1. The third kappa shape index (κ3) is 4.81. The molecule has 0 aliphatic carbocycles. The lowest BCUT2D eigenvalue weighted by molar-refractivity contribution is -0.139. The molecular formula is C10H16N2O5. The summed E-state index contributed by atoms with van der Waals surface area (Å²) < 4.78 is 4.55. The number of imide groups is 1. The van der Waals surface area contributed by atoms with E-state index in [9.17, 15) is 14.4 Å². The number of hydrogen-bond donors (Lipinski definition) is 2. The molecule has 0 unspecified atom stereocenters. The summed E-state index contributed by atoms with van der Waals surface area (Å²) in [5.74, 6) is -1.16. The molecule has 0 aromatic carbocycles. The number of alkyl carbamates (subject to hydrolysis) is 1. The topological polar surface area (TPSA) is 95.9 Å². The van der Waals surface area contributed by atoms with E-state index in [0.29, 0.717) is 13.1 Å². The molecule has 1 fully saturated rings. The Morgan fingerprint density at radius 1 is 1.41 bits per heavy atom. The summed E-state index contributed by atoms with van der Waals surface area (Å²) in [6, 6.07) is 0. The van der Waals surface area contributed by atoms with Crippen LogP contribution in [-0.4, -0.2) is 54.2 Å². The maximum absolute atomic E-state index is 11.3. The Morgan fingerprint density at radius 2 is 2.06 bits per heavy atom. The van der Waals surface area contributed by atoms with E-state index in [2.05, 4.69) is 10.1 Å². The number of rotatable bonds is 5. The number of nitrogens with one attached hydrogen (secondary N) is 1. The zero-order valence-electron chi connectivity index (χ0n) is 9.64. The number of hydrogen-bond acceptors (Lipinski definition) is 5. The predicted octanol–water partition coefficient (Wildman–Crippen LogP) is -0.334. The molecule has 1 rings (SSSR count). The molecule has 2 N–H and O–H groups in total. The van der Waals surface area contributed by atoms with Gasteiger partial charge in [0.15, 0.2) is 0 Å². The van der Waals surface area contributed by atoms with Crippen molar-refractivity contribution < 1.29 is 24.2 Å². The van der Waals surface area contributed by atoms with Crippen LogP contribution in [0.25, 0.3) is 0 Å². The molecule has 0 atom stereocenters. The first-order valence-corrected chi connectivity index (χ1v) is 5.42. The van der Waals surface area contributed by atoms with Crippen LogP contribution in [0.4, 0.5) is 4.79 Å². The normalized spacial score (nSPS) is 16.1. The van der Waals surface area contributed by atoms with Gasteiger partial charge in [0.2, 0.25) is 5.91 Å². The Kier molecular flexibility index (Phi) is 4.89. The van der Waals surface area contributed by atoms with Gasteiger partial charge >= 0.3 is 12.1 Å². The fourth-order valence-corrected chi connectivity index (χ4v) is 1.71. The Bertz CT molecular complexity index is 312. The van der Waals surface area contributed by atoms with Crippen LogP contribution in [0.15, 0.2) is 0 Å². The van der Waals surface area contributed by atoms with E-state index in [4.69, 9.17) is 5.11 Å². The van der Waals surface area contributed by atoms with Crippen LogP contribution in [0.3, 0.4) is 0 Å². The van der Waals surface area contributed by atoms with Gasteiger partial charge in [0, 0.05) is 13.1 Å². The van der Waals surface area contributed by atoms with Crippen LogP contribution in [0.5, 0.6) is 0 Å². The third-order valence-electron chi connectivity index (χ3n) is 2.38. The first-order chi connectivity index (χ1) is 8.01. The highest BCUT2D eigenvalue weighted by Crippen LogP contribution is 2.17. The number of amides is 2. The second-order valence-corrected chi connectivity index (χ2v) is 3.93. The minimum absolute atomic E-state index is 0.0922. The monoisotopic (exact) mass is 244 g/mol. The van der Waals surface area contributed by atoms with Gasteiger partial charge in [-0.15, -0.1) is 0 Å². The van der Waals surface area contributed by atoms with Gasteiger partial charge in [0.25, 0.3) is 0 Å². The fraction of sp³-hybridized carbons (Fsp3) is 0.700. The summed E-state index contributed by atoms with van der Waals surface area (Å²) in [6.45, 7) is 3.10. The van der Waals surface area contributed by atoms with Crippen molar-refractivity contribution in [1.82, 2.24) is 10.2 Å². The number of nitrogens with zero attached hydrogens (tertiary/aromatic N) is 1. The summed E-state index contributed by atoms with van der Waals surface area (Å²) in [4.78, 5) is 34.4. The molecule has 0 bridgehead atoms. The summed E-state index contributed by atoms with van der Waals surface area (Å²) in [6.07, 6.45) is -0.629. The largest absolute Gasteiger partial charge is 0.481 e. The van der Waals surface area contributed by atoms with E-state index in [1.54, 1.807) is 11.8 Å². The van der Waals surface area contributed by atoms with Gasteiger partial charge in [0.1, 0.15) is 0 Å². The maximum Gasteiger partial charge on any atom is 0.413 e. The van der Waals surface area contributed by atoms with Crippen molar-refractivity contribution in [2.45, 2.75) is 13.3 Å². The zero-order chi connectivity index (χ0) is 12.8. The first-order valence-electron chi connectivity index (χ1n) is 5.42. The standard InChI is InChI=1S/C10H16N2O5/c1-2-17-10(16)11-8(13)6-12-4-7(5-12)3-9(14)15/h7H,2-6H2,1H3,(H,14,15)(H,11,13,16). The van der Waals surface area contributed by atoms with Crippen molar-refractivity contribution in [3.63, 3.8) is 0 Å². The first kappa shape index (κ1) is 13.4. The SMILES string of the molecule is CCOC(=O)NC(=O)CN1CC(CC(=O)O)C1. The number of likely N-dealkylation sites (tertiary alicyclic amines) is 1. The number of carbonyl (C=O) groups is 3. The van der Waals surface area contributed by atoms with Crippen molar-refractivity contribution in [3.8, 4) is 0 Å². The lowest BCUT2D eigenvalue weighted by Gasteiger charge is -2.37. The summed E-state index contributed by atoms with van der Waals surface area (Å²) in [5, 5.41) is 10.6. The van der Waals surface area contributed by atoms with Crippen molar-refractivity contribution in [2.24, 2.45) is 5.92 Å². The van der Waals surface area contributed by atoms with Crippen molar-refractivity contribution in [2.75, 3.05) is 26.2 Å². The lowest BCUT2D eigenvalue weighted by Crippen LogP contribution is -2.51. The van der Waals surface area contributed by atoms with Gasteiger partial charge in [-0.1, -0.05) is 0 Å². The molecule has 0 aromatic heterocycles. The molecule has 0 radical (unpaired) electrons. The van der Waals surface area contributed by atoms with Gasteiger partial charge in [-0.05, 0) is 12.8 Å². The Balaban J connectivity index is 2.13.